The van der Waals surface area contributed by atoms with Gasteiger partial charge in [-0.1, -0.05) is 66.8 Å². The van der Waals surface area contributed by atoms with Crippen LogP contribution in [-0.4, -0.2) is 6.61 Å². The van der Waals surface area contributed by atoms with E-state index in [-0.39, 0.29) is 0 Å². The number of benzene rings is 2. The second-order valence-electron chi connectivity index (χ2n) is 7.94. The van der Waals surface area contributed by atoms with E-state index in [4.69, 9.17) is 4.74 Å². The molecule has 0 unspecified atom stereocenters. The molecule has 0 heterocycles. The first-order chi connectivity index (χ1) is 13.8. The quantitative estimate of drug-likeness (QED) is 0.323. The van der Waals surface area contributed by atoms with Crippen molar-refractivity contribution >= 4 is 6.08 Å². The van der Waals surface area contributed by atoms with Gasteiger partial charge >= 0.3 is 0 Å². The molecule has 0 radical (unpaired) electrons. The Balaban J connectivity index is 1.47. The Kier molecular flexibility index (Phi) is 8.11. The predicted molar refractivity (Wildman–Crippen MR) is 121 cm³/mol. The van der Waals surface area contributed by atoms with Gasteiger partial charge < -0.3 is 4.74 Å². The Hall–Kier alpha value is -2.12. The summed E-state index contributed by atoms with van der Waals surface area (Å²) in [6.07, 6.45) is 13.5. The molecule has 1 fully saturated rings. The molecular weight excluding hydrogens is 340 g/mol. The average Bonchev–Trinajstić information content (AvgIpc) is 2.75. The lowest BCUT2D eigenvalue weighted by Crippen LogP contribution is -2.12. The zero-order valence-electron chi connectivity index (χ0n) is 17.3. The van der Waals surface area contributed by atoms with Crippen molar-refractivity contribution < 1.29 is 4.74 Å². The lowest BCUT2D eigenvalue weighted by Gasteiger charge is -2.29. The number of ether oxygens (including phenoxy) is 1. The summed E-state index contributed by atoms with van der Waals surface area (Å²) in [6.45, 7) is 7.34. The zero-order chi connectivity index (χ0) is 19.6. The van der Waals surface area contributed by atoms with E-state index in [1.807, 2.05) is 6.08 Å². The lowest BCUT2D eigenvalue weighted by molar-refractivity contribution is 0.119. The van der Waals surface area contributed by atoms with Crippen LogP contribution in [0.4, 0.5) is 0 Å². The minimum atomic E-state index is 0.709. The maximum Gasteiger partial charge on any atom is 0.0716 e. The topological polar surface area (TPSA) is 9.23 Å². The van der Waals surface area contributed by atoms with Gasteiger partial charge in [0.25, 0.3) is 0 Å². The van der Waals surface area contributed by atoms with E-state index >= 15 is 0 Å². The van der Waals surface area contributed by atoms with Crippen molar-refractivity contribution in [3.05, 3.63) is 89.5 Å². The van der Waals surface area contributed by atoms with Gasteiger partial charge in [0.15, 0.2) is 0 Å². The van der Waals surface area contributed by atoms with E-state index in [1.54, 1.807) is 0 Å². The highest BCUT2D eigenvalue weighted by atomic mass is 16.5. The second-order valence-corrected chi connectivity index (χ2v) is 7.94. The van der Waals surface area contributed by atoms with Crippen molar-refractivity contribution in [3.63, 3.8) is 0 Å². The third-order valence-corrected chi connectivity index (χ3v) is 5.91. The zero-order valence-corrected chi connectivity index (χ0v) is 17.3. The third kappa shape index (κ3) is 5.94. The Morgan fingerprint density at radius 1 is 0.893 bits per heavy atom. The smallest absolute Gasteiger partial charge is 0.0716 e. The summed E-state index contributed by atoms with van der Waals surface area (Å²) in [5, 5.41) is 0. The molecule has 1 heteroatoms. The molecule has 1 saturated carbocycles. The average molecular weight is 375 g/mol. The maximum atomic E-state index is 5.74. The van der Waals surface area contributed by atoms with Gasteiger partial charge in [-0.3, -0.25) is 0 Å². The summed E-state index contributed by atoms with van der Waals surface area (Å²) in [6, 6.07) is 18.3. The Bertz CT molecular complexity index is 731. The SMILES string of the molecule is C=CCCCOCc1ccc([C@H]2CC[C@H](c3ccc(C=CC)cc3)CC2)cc1. The van der Waals surface area contributed by atoms with Crippen LogP contribution in [-0.2, 0) is 11.3 Å². The fraction of sp³-hybridized carbons (Fsp3) is 0.407. The van der Waals surface area contributed by atoms with Gasteiger partial charge in [0.1, 0.15) is 0 Å². The molecule has 0 bridgehead atoms. The molecule has 2 aromatic rings. The Morgan fingerprint density at radius 2 is 1.46 bits per heavy atom. The number of rotatable bonds is 9. The standard InChI is InChI=1S/C27H34O/c1-3-5-6-20-28-21-23-10-14-25(15-11-23)27-18-16-26(17-19-27)24-12-8-22(7-4-2)9-13-24/h3-4,7-15,26-27H,1,5-6,16-21H2,2H3/t26-,27-. The first-order valence-corrected chi connectivity index (χ1v) is 10.8. The van der Waals surface area contributed by atoms with Crippen molar-refractivity contribution in [1.82, 2.24) is 0 Å². The molecule has 148 valence electrons. The highest BCUT2D eigenvalue weighted by Crippen LogP contribution is 2.40. The molecule has 0 saturated heterocycles. The molecular formula is C27H34O. The van der Waals surface area contributed by atoms with E-state index in [2.05, 4.69) is 74.2 Å². The van der Waals surface area contributed by atoms with Crippen LogP contribution in [0.2, 0.25) is 0 Å². The third-order valence-electron chi connectivity index (χ3n) is 5.91. The monoisotopic (exact) mass is 374 g/mol. The van der Waals surface area contributed by atoms with Gasteiger partial charge in [-0.2, -0.15) is 0 Å². The van der Waals surface area contributed by atoms with Crippen LogP contribution in [0.3, 0.4) is 0 Å². The fourth-order valence-corrected chi connectivity index (χ4v) is 4.24. The molecule has 0 aliphatic heterocycles. The second kappa shape index (κ2) is 11.0. The molecule has 3 rings (SSSR count). The van der Waals surface area contributed by atoms with Gasteiger partial charge in [-0.05, 0) is 79.5 Å². The first kappa shape index (κ1) is 20.6. The van der Waals surface area contributed by atoms with Gasteiger partial charge in [-0.15, -0.1) is 6.58 Å². The summed E-state index contributed by atoms with van der Waals surface area (Å²) in [5.41, 5.74) is 5.58. The first-order valence-electron chi connectivity index (χ1n) is 10.8. The molecule has 0 atom stereocenters. The van der Waals surface area contributed by atoms with Crippen molar-refractivity contribution in [2.75, 3.05) is 6.61 Å². The normalized spacial score (nSPS) is 19.8. The molecule has 0 spiro atoms. The van der Waals surface area contributed by atoms with Crippen LogP contribution in [0.25, 0.3) is 6.08 Å². The van der Waals surface area contributed by atoms with Crippen molar-refractivity contribution in [2.45, 2.75) is 63.9 Å². The van der Waals surface area contributed by atoms with Crippen molar-refractivity contribution in [1.29, 1.82) is 0 Å². The number of unbranched alkanes of at least 4 members (excludes halogenated alkanes) is 1. The van der Waals surface area contributed by atoms with Crippen LogP contribution in [0, 0.1) is 0 Å². The van der Waals surface area contributed by atoms with E-state index in [0.29, 0.717) is 12.5 Å². The van der Waals surface area contributed by atoms with E-state index in [9.17, 15) is 0 Å². The van der Waals surface area contributed by atoms with Crippen LogP contribution < -0.4 is 0 Å². The fourth-order valence-electron chi connectivity index (χ4n) is 4.24. The minimum Gasteiger partial charge on any atom is -0.377 e. The number of allylic oxidation sites excluding steroid dienone is 2. The van der Waals surface area contributed by atoms with Crippen molar-refractivity contribution in [3.8, 4) is 0 Å². The highest BCUT2D eigenvalue weighted by Gasteiger charge is 2.23. The summed E-state index contributed by atoms with van der Waals surface area (Å²) in [7, 11) is 0. The molecule has 1 aliphatic carbocycles. The van der Waals surface area contributed by atoms with Crippen LogP contribution in [0.1, 0.15) is 79.5 Å². The molecule has 0 aromatic heterocycles. The lowest BCUT2D eigenvalue weighted by atomic mass is 9.76. The van der Waals surface area contributed by atoms with E-state index < -0.39 is 0 Å². The molecule has 1 aliphatic rings. The van der Waals surface area contributed by atoms with Gasteiger partial charge in [-0.25, -0.2) is 0 Å². The number of hydrogen-bond donors (Lipinski definition) is 0. The predicted octanol–water partition coefficient (Wildman–Crippen LogP) is 7.64. The Labute approximate surface area is 171 Å². The number of hydrogen-bond acceptors (Lipinski definition) is 1. The van der Waals surface area contributed by atoms with Gasteiger partial charge in [0.05, 0.1) is 6.61 Å². The molecule has 28 heavy (non-hydrogen) atoms. The molecule has 2 aromatic carbocycles. The summed E-state index contributed by atoms with van der Waals surface area (Å²) in [5.74, 6) is 1.43. The van der Waals surface area contributed by atoms with Crippen LogP contribution in [0.15, 0.2) is 67.3 Å². The molecule has 0 N–H and O–H groups in total. The van der Waals surface area contributed by atoms with Crippen molar-refractivity contribution in [2.24, 2.45) is 0 Å². The maximum absolute atomic E-state index is 5.74. The largest absolute Gasteiger partial charge is 0.377 e. The van der Waals surface area contributed by atoms with Crippen LogP contribution in [0.5, 0.6) is 0 Å². The molecule has 1 nitrogen and oxygen atoms in total. The van der Waals surface area contributed by atoms with Gasteiger partial charge in [0, 0.05) is 6.61 Å². The Morgan fingerprint density at radius 3 is 2.00 bits per heavy atom. The molecule has 0 amide bonds. The van der Waals surface area contributed by atoms with E-state index in [0.717, 1.165) is 25.4 Å². The summed E-state index contributed by atoms with van der Waals surface area (Å²) >= 11 is 0. The minimum absolute atomic E-state index is 0.709. The summed E-state index contributed by atoms with van der Waals surface area (Å²) < 4.78 is 5.74. The summed E-state index contributed by atoms with van der Waals surface area (Å²) in [4.78, 5) is 0. The van der Waals surface area contributed by atoms with Gasteiger partial charge in [0.2, 0.25) is 0 Å². The van der Waals surface area contributed by atoms with E-state index in [1.165, 1.54) is 47.9 Å². The van der Waals surface area contributed by atoms with Crippen LogP contribution >= 0.6 is 0 Å². The highest BCUT2D eigenvalue weighted by molar-refractivity contribution is 5.49.